The van der Waals surface area contributed by atoms with Crippen molar-refractivity contribution in [1.29, 1.82) is 0 Å². The Morgan fingerprint density at radius 3 is 1.17 bits per heavy atom. The first-order valence-electron chi connectivity index (χ1n) is 14.0. The van der Waals surface area contributed by atoms with Crippen LogP contribution in [0.4, 0.5) is 0 Å². The van der Waals surface area contributed by atoms with Crippen molar-refractivity contribution in [3.05, 3.63) is 0 Å². The summed E-state index contributed by atoms with van der Waals surface area (Å²) in [4.78, 5) is 0. The van der Waals surface area contributed by atoms with Gasteiger partial charge in [-0.3, -0.25) is 0 Å². The molecular weight excluding hydrogens is 535 g/mol. The lowest BCUT2D eigenvalue weighted by Crippen LogP contribution is -2.43. The Bertz CT molecular complexity index is 484. The van der Waals surface area contributed by atoms with E-state index in [1.165, 1.54) is 24.2 Å². The summed E-state index contributed by atoms with van der Waals surface area (Å²) in [7, 11) is -7.53. The van der Waals surface area contributed by atoms with E-state index in [4.69, 9.17) is 23.2 Å². The van der Waals surface area contributed by atoms with E-state index >= 15 is 0 Å². The fourth-order valence-corrected chi connectivity index (χ4v) is 25.3. The molecule has 0 bridgehead atoms. The van der Waals surface area contributed by atoms with Crippen LogP contribution in [0.3, 0.4) is 0 Å². The molecule has 0 unspecified atom stereocenters. The highest BCUT2D eigenvalue weighted by molar-refractivity contribution is 6.85. The molecule has 0 heterocycles. The number of aliphatic hydroxyl groups is 1. The van der Waals surface area contributed by atoms with Crippen LogP contribution in [0.1, 0.15) is 33.6 Å². The molecule has 0 fully saturated rings. The lowest BCUT2D eigenvalue weighted by Gasteiger charge is -2.33. The summed E-state index contributed by atoms with van der Waals surface area (Å²) in [6, 6.07) is 5.94. The molecule has 0 aromatic carbocycles. The molecule has 0 atom stereocenters. The molecule has 216 valence electrons. The van der Waals surface area contributed by atoms with Gasteiger partial charge in [-0.05, 0) is 128 Å². The second kappa shape index (κ2) is 19.2. The maximum absolute atomic E-state index is 8.76. The molecule has 0 spiro atoms. The maximum Gasteiger partial charge on any atom is 0.173 e. The predicted molar refractivity (Wildman–Crippen MR) is 176 cm³/mol. The molecule has 35 heavy (non-hydrogen) atoms. The molecule has 5 nitrogen and oxygen atoms in total. The molecule has 0 aliphatic carbocycles. The quantitative estimate of drug-likeness (QED) is 0.187. The first kappa shape index (κ1) is 40.6. The van der Waals surface area contributed by atoms with E-state index in [0.717, 1.165) is 25.4 Å². The second-order valence-corrected chi connectivity index (χ2v) is 38.3. The summed E-state index contributed by atoms with van der Waals surface area (Å²) in [5, 5.41) is 8.76. The predicted octanol–water partition coefficient (Wildman–Crippen LogP) is 7.81. The first-order valence-corrected chi connectivity index (χ1v) is 32.4. The minimum Gasteiger partial charge on any atom is -0.458 e. The van der Waals surface area contributed by atoms with Crippen LogP contribution in [-0.4, -0.2) is 68.9 Å². The summed E-state index contributed by atoms with van der Waals surface area (Å²) < 4.78 is 18.4. The van der Waals surface area contributed by atoms with Gasteiger partial charge in [0.05, 0.1) is 0 Å². The smallest absolute Gasteiger partial charge is 0.173 e. The summed E-state index contributed by atoms with van der Waals surface area (Å²) in [6.45, 7) is 35.2. The fraction of sp³-hybridized carbons (Fsp3) is 1.00. The molecule has 0 saturated heterocycles. The van der Waals surface area contributed by atoms with Crippen molar-refractivity contribution < 1.29 is 17.5 Å². The van der Waals surface area contributed by atoms with Crippen LogP contribution < -0.4 is 5.73 Å². The fourth-order valence-electron chi connectivity index (χ4n) is 3.50. The van der Waals surface area contributed by atoms with E-state index in [9.17, 15) is 0 Å². The minimum absolute atomic E-state index is 0.300. The van der Waals surface area contributed by atoms with Gasteiger partial charge in [-0.2, -0.15) is 0 Å². The third-order valence-electron chi connectivity index (χ3n) is 6.13. The van der Waals surface area contributed by atoms with Crippen LogP contribution in [0.15, 0.2) is 0 Å². The van der Waals surface area contributed by atoms with Crippen molar-refractivity contribution in [3.8, 4) is 0 Å². The van der Waals surface area contributed by atoms with Crippen molar-refractivity contribution in [2.45, 2.75) is 142 Å². The Morgan fingerprint density at radius 1 is 0.600 bits per heavy atom. The number of hydrogen-bond acceptors (Lipinski definition) is 5. The van der Waals surface area contributed by atoms with Gasteiger partial charge in [0, 0.05) is 6.61 Å². The molecule has 3 N–H and O–H groups in total. The lowest BCUT2D eigenvalue weighted by molar-refractivity contribution is 0.292. The van der Waals surface area contributed by atoms with Gasteiger partial charge in [0.2, 0.25) is 0 Å². The zero-order chi connectivity index (χ0) is 28.6. The number of hydrogen-bond donors (Lipinski definition) is 2. The molecule has 0 aliphatic rings. The van der Waals surface area contributed by atoms with Crippen molar-refractivity contribution in [1.82, 2.24) is 0 Å². The Hall–Kier alpha value is 1.10. The Labute approximate surface area is 228 Å². The average molecular weight is 602 g/mol. The highest BCUT2D eigenvalue weighted by atomic mass is 28.4. The molecule has 0 aromatic heterocycles. The Morgan fingerprint density at radius 2 is 0.943 bits per heavy atom. The maximum atomic E-state index is 8.76. The van der Waals surface area contributed by atoms with Gasteiger partial charge in [0.25, 0.3) is 0 Å². The molecule has 0 radical (unpaired) electrons. The van der Waals surface area contributed by atoms with Gasteiger partial charge in [-0.15, -0.1) is 0 Å². The molecule has 0 saturated carbocycles. The van der Waals surface area contributed by atoms with E-state index in [1.807, 2.05) is 0 Å². The second-order valence-electron chi connectivity index (χ2n) is 12.9. The minimum atomic E-state index is -1.48. The molecule has 0 aromatic rings. The average Bonchev–Trinajstić information content (AvgIpc) is 2.69. The molecule has 0 amide bonds. The summed E-state index contributed by atoms with van der Waals surface area (Å²) >= 11 is 0. The summed E-state index contributed by atoms with van der Waals surface area (Å²) in [5.74, 6) is 0. The van der Waals surface area contributed by atoms with Crippen molar-refractivity contribution in [3.63, 3.8) is 0 Å². The topological polar surface area (TPSA) is 73.9 Å². The molecule has 11 heteroatoms. The zero-order valence-electron chi connectivity index (χ0n) is 26.7. The van der Waals surface area contributed by atoms with Crippen LogP contribution in [0, 0.1) is 0 Å². The summed E-state index contributed by atoms with van der Waals surface area (Å²) in [6.07, 6.45) is 2.01. The Kier molecular flexibility index (Phi) is 22.3. The first-order chi connectivity index (χ1) is 15.6. The van der Waals surface area contributed by atoms with Gasteiger partial charge in [-0.25, -0.2) is 0 Å². The largest absolute Gasteiger partial charge is 0.458 e. The van der Waals surface area contributed by atoms with Crippen LogP contribution >= 0.6 is 0 Å². The normalized spacial score (nSPS) is 13.2. The van der Waals surface area contributed by atoms with Gasteiger partial charge in [0.15, 0.2) is 50.6 Å². The lowest BCUT2D eigenvalue weighted by atomic mass is 10.5. The molecule has 0 rings (SSSR count). The van der Waals surface area contributed by atoms with Gasteiger partial charge >= 0.3 is 0 Å². The van der Waals surface area contributed by atoms with Gasteiger partial charge in [-0.1, -0.05) is 20.8 Å². The van der Waals surface area contributed by atoms with E-state index < -0.39 is 50.6 Å². The van der Waals surface area contributed by atoms with Crippen molar-refractivity contribution >= 4 is 50.6 Å². The standard InChI is InChI=1S/C9H25NOSi2.C9H24O2Si2.C6H18OSi2/c2*1-6-12(2,3)11-13(4,5)9-7-8-10;1-6-9(4,5)7-8(2)3/h6-10H2,1-5H3;10H,6-9H2,1-5H3;8H,6H2,1-5H3. The van der Waals surface area contributed by atoms with Crippen molar-refractivity contribution in [2.24, 2.45) is 5.73 Å². The Balaban J connectivity index is -0.000000448. The van der Waals surface area contributed by atoms with Crippen LogP contribution in [0.2, 0.25) is 109 Å². The van der Waals surface area contributed by atoms with E-state index in [-0.39, 0.29) is 0 Å². The molecule has 0 aliphatic heterocycles. The van der Waals surface area contributed by atoms with Crippen LogP contribution in [-0.2, 0) is 12.3 Å². The number of nitrogens with two attached hydrogens (primary N) is 1. The number of rotatable bonds is 15. The monoisotopic (exact) mass is 601 g/mol. The highest BCUT2D eigenvalue weighted by Crippen LogP contribution is 2.23. The van der Waals surface area contributed by atoms with Gasteiger partial charge < -0.3 is 23.2 Å². The van der Waals surface area contributed by atoms with E-state index in [1.54, 1.807) is 0 Å². The number of aliphatic hydroxyl groups excluding tert-OH is 1. The van der Waals surface area contributed by atoms with Crippen LogP contribution in [0.25, 0.3) is 0 Å². The van der Waals surface area contributed by atoms with Crippen molar-refractivity contribution in [2.75, 3.05) is 13.2 Å². The summed E-state index contributed by atoms with van der Waals surface area (Å²) in [5.41, 5.74) is 5.51. The van der Waals surface area contributed by atoms with E-state index in [2.05, 4.69) is 99.3 Å². The molecular formula is C24H67NO4Si6. The van der Waals surface area contributed by atoms with E-state index in [0.29, 0.717) is 6.61 Å². The van der Waals surface area contributed by atoms with Crippen LogP contribution in [0.5, 0.6) is 0 Å². The third-order valence-corrected chi connectivity index (χ3v) is 27.6. The zero-order valence-corrected chi connectivity index (χ0v) is 32.8. The highest BCUT2D eigenvalue weighted by Gasteiger charge is 2.31. The third kappa shape index (κ3) is 27.9. The van der Waals surface area contributed by atoms with Gasteiger partial charge in [0.1, 0.15) is 0 Å². The SMILES string of the molecule is CC[Si](C)(C)O[SiH](C)C.CC[Si](C)(C)O[Si](C)(C)CCCN.CC[Si](C)(C)O[Si](C)(C)CCCO.